The zero-order valence-corrected chi connectivity index (χ0v) is 9.67. The van der Waals surface area contributed by atoms with Crippen LogP contribution in [0, 0.1) is 0 Å². The van der Waals surface area contributed by atoms with Crippen molar-refractivity contribution in [3.63, 3.8) is 0 Å². The van der Waals surface area contributed by atoms with E-state index in [1.807, 2.05) is 30.3 Å². The van der Waals surface area contributed by atoms with Crippen LogP contribution in [-0.2, 0) is 20.9 Å². The number of cyclic esters (lactones) is 1. The van der Waals surface area contributed by atoms with Crippen molar-refractivity contribution in [1.82, 2.24) is 0 Å². The highest BCUT2D eigenvalue weighted by Crippen LogP contribution is 2.16. The molecule has 1 aliphatic rings. The van der Waals surface area contributed by atoms with Crippen molar-refractivity contribution in [2.24, 2.45) is 5.73 Å². The lowest BCUT2D eigenvalue weighted by molar-refractivity contribution is -0.142. The van der Waals surface area contributed by atoms with Gasteiger partial charge in [-0.15, -0.1) is 0 Å². The van der Waals surface area contributed by atoms with E-state index in [2.05, 4.69) is 0 Å². The summed E-state index contributed by atoms with van der Waals surface area (Å²) in [7, 11) is 0. The maximum atomic E-state index is 10.9. The fourth-order valence-electron chi connectivity index (χ4n) is 1.84. The molecule has 1 heterocycles. The van der Waals surface area contributed by atoms with Gasteiger partial charge < -0.3 is 15.2 Å². The van der Waals surface area contributed by atoms with Gasteiger partial charge in [0.15, 0.2) is 0 Å². The number of hydrogen-bond donors (Lipinski definition) is 1. The van der Waals surface area contributed by atoms with E-state index in [-0.39, 0.29) is 18.1 Å². The molecular formula is C13H17NO3. The molecule has 1 saturated heterocycles. The van der Waals surface area contributed by atoms with Crippen LogP contribution in [0.5, 0.6) is 0 Å². The van der Waals surface area contributed by atoms with Gasteiger partial charge in [-0.25, -0.2) is 0 Å². The minimum absolute atomic E-state index is 0.159. The molecule has 0 bridgehead atoms. The fraction of sp³-hybridized carbons (Fsp3) is 0.462. The second-order valence-corrected chi connectivity index (χ2v) is 4.23. The summed E-state index contributed by atoms with van der Waals surface area (Å²) in [5.41, 5.74) is 7.02. The van der Waals surface area contributed by atoms with Crippen molar-refractivity contribution in [3.05, 3.63) is 35.9 Å². The van der Waals surface area contributed by atoms with E-state index in [4.69, 9.17) is 15.2 Å². The molecule has 0 unspecified atom stereocenters. The average Bonchev–Trinajstić information content (AvgIpc) is 2.77. The number of ether oxygens (including phenoxy) is 2. The van der Waals surface area contributed by atoms with Crippen LogP contribution in [0.2, 0.25) is 0 Å². The first-order chi connectivity index (χ1) is 8.25. The molecule has 0 spiro atoms. The SMILES string of the molecule is N[C@H](COCc1ccccc1)[C@@H]1CCC(=O)O1. The van der Waals surface area contributed by atoms with Crippen molar-refractivity contribution in [2.75, 3.05) is 6.61 Å². The lowest BCUT2D eigenvalue weighted by atomic mass is 10.1. The van der Waals surface area contributed by atoms with E-state index in [9.17, 15) is 4.79 Å². The quantitative estimate of drug-likeness (QED) is 0.780. The Hall–Kier alpha value is -1.39. The highest BCUT2D eigenvalue weighted by molar-refractivity contribution is 5.71. The fourth-order valence-corrected chi connectivity index (χ4v) is 1.84. The predicted octanol–water partition coefficient (Wildman–Crippen LogP) is 1.24. The maximum absolute atomic E-state index is 10.9. The van der Waals surface area contributed by atoms with Crippen molar-refractivity contribution in [3.8, 4) is 0 Å². The largest absolute Gasteiger partial charge is 0.461 e. The Labute approximate surface area is 101 Å². The number of benzene rings is 1. The van der Waals surface area contributed by atoms with Crippen molar-refractivity contribution in [2.45, 2.75) is 31.6 Å². The van der Waals surface area contributed by atoms with E-state index in [0.717, 1.165) is 5.56 Å². The van der Waals surface area contributed by atoms with Crippen LogP contribution in [0.3, 0.4) is 0 Å². The molecular weight excluding hydrogens is 218 g/mol. The summed E-state index contributed by atoms with van der Waals surface area (Å²) in [4.78, 5) is 10.9. The molecule has 4 heteroatoms. The van der Waals surface area contributed by atoms with Crippen LogP contribution in [0.1, 0.15) is 18.4 Å². The van der Waals surface area contributed by atoms with Gasteiger partial charge in [0.25, 0.3) is 0 Å². The van der Waals surface area contributed by atoms with Crippen LogP contribution in [0.25, 0.3) is 0 Å². The summed E-state index contributed by atoms with van der Waals surface area (Å²) in [6, 6.07) is 9.68. The zero-order valence-electron chi connectivity index (χ0n) is 9.67. The number of nitrogens with two attached hydrogens (primary N) is 1. The topological polar surface area (TPSA) is 61.5 Å². The summed E-state index contributed by atoms with van der Waals surface area (Å²) in [6.07, 6.45) is 0.990. The number of carbonyl (C=O) groups excluding carboxylic acids is 1. The Morgan fingerprint density at radius 3 is 2.82 bits per heavy atom. The number of carbonyl (C=O) groups is 1. The molecule has 0 radical (unpaired) electrons. The van der Waals surface area contributed by atoms with Crippen molar-refractivity contribution >= 4 is 5.97 Å². The third kappa shape index (κ3) is 3.54. The summed E-state index contributed by atoms with van der Waals surface area (Å²) in [5, 5.41) is 0. The Kier molecular flexibility index (Phi) is 4.12. The molecule has 0 saturated carbocycles. The van der Waals surface area contributed by atoms with Crippen LogP contribution in [-0.4, -0.2) is 24.7 Å². The molecule has 4 nitrogen and oxygen atoms in total. The summed E-state index contributed by atoms with van der Waals surface area (Å²) in [6.45, 7) is 0.946. The highest BCUT2D eigenvalue weighted by atomic mass is 16.6. The van der Waals surface area contributed by atoms with E-state index in [1.54, 1.807) is 0 Å². The smallest absolute Gasteiger partial charge is 0.306 e. The second kappa shape index (κ2) is 5.80. The molecule has 2 atom stereocenters. The average molecular weight is 235 g/mol. The Morgan fingerprint density at radius 1 is 1.41 bits per heavy atom. The molecule has 2 rings (SSSR count). The van der Waals surface area contributed by atoms with E-state index in [0.29, 0.717) is 26.1 Å². The molecule has 0 aliphatic carbocycles. The molecule has 17 heavy (non-hydrogen) atoms. The lowest BCUT2D eigenvalue weighted by Gasteiger charge is -2.17. The Bertz CT molecular complexity index is 366. The Morgan fingerprint density at radius 2 is 2.18 bits per heavy atom. The third-order valence-corrected chi connectivity index (χ3v) is 2.82. The van der Waals surface area contributed by atoms with Gasteiger partial charge in [0, 0.05) is 6.42 Å². The van der Waals surface area contributed by atoms with E-state index in [1.165, 1.54) is 0 Å². The third-order valence-electron chi connectivity index (χ3n) is 2.82. The Balaban J connectivity index is 1.70. The monoisotopic (exact) mass is 235 g/mol. The van der Waals surface area contributed by atoms with Crippen LogP contribution in [0.15, 0.2) is 30.3 Å². The molecule has 1 aromatic rings. The molecule has 1 aromatic carbocycles. The van der Waals surface area contributed by atoms with Crippen LogP contribution >= 0.6 is 0 Å². The predicted molar refractivity (Wildman–Crippen MR) is 63.2 cm³/mol. The van der Waals surface area contributed by atoms with Crippen molar-refractivity contribution in [1.29, 1.82) is 0 Å². The first kappa shape index (κ1) is 12.1. The second-order valence-electron chi connectivity index (χ2n) is 4.23. The van der Waals surface area contributed by atoms with Gasteiger partial charge in [-0.1, -0.05) is 30.3 Å². The first-order valence-electron chi connectivity index (χ1n) is 5.82. The van der Waals surface area contributed by atoms with Gasteiger partial charge in [-0.3, -0.25) is 4.79 Å². The van der Waals surface area contributed by atoms with Crippen LogP contribution in [0.4, 0.5) is 0 Å². The summed E-state index contributed by atoms with van der Waals surface area (Å²) >= 11 is 0. The molecule has 2 N–H and O–H groups in total. The normalized spacial score (nSPS) is 21.2. The highest BCUT2D eigenvalue weighted by Gasteiger charge is 2.28. The maximum Gasteiger partial charge on any atom is 0.306 e. The molecule has 92 valence electrons. The molecule has 1 aliphatic heterocycles. The zero-order chi connectivity index (χ0) is 12.1. The lowest BCUT2D eigenvalue weighted by Crippen LogP contribution is -2.38. The number of rotatable bonds is 5. The van der Waals surface area contributed by atoms with Crippen LogP contribution < -0.4 is 5.73 Å². The molecule has 1 fully saturated rings. The minimum Gasteiger partial charge on any atom is -0.461 e. The van der Waals surface area contributed by atoms with Gasteiger partial charge in [-0.2, -0.15) is 0 Å². The van der Waals surface area contributed by atoms with Crippen molar-refractivity contribution < 1.29 is 14.3 Å². The minimum atomic E-state index is -0.231. The summed E-state index contributed by atoms with van der Waals surface area (Å²) in [5.74, 6) is -0.159. The standard InChI is InChI=1S/C13H17NO3/c14-11(12-6-7-13(15)17-12)9-16-8-10-4-2-1-3-5-10/h1-5,11-12H,6-9,14H2/t11-,12+/m1/s1. The first-order valence-corrected chi connectivity index (χ1v) is 5.82. The summed E-state index contributed by atoms with van der Waals surface area (Å²) < 4.78 is 10.6. The van der Waals surface area contributed by atoms with Gasteiger partial charge in [0.2, 0.25) is 0 Å². The van der Waals surface area contributed by atoms with Gasteiger partial charge in [-0.05, 0) is 12.0 Å². The van der Waals surface area contributed by atoms with E-state index < -0.39 is 0 Å². The number of esters is 1. The molecule has 0 aromatic heterocycles. The van der Waals surface area contributed by atoms with Gasteiger partial charge >= 0.3 is 5.97 Å². The molecule has 0 amide bonds. The van der Waals surface area contributed by atoms with E-state index >= 15 is 0 Å². The van der Waals surface area contributed by atoms with Gasteiger partial charge in [0.1, 0.15) is 6.10 Å². The van der Waals surface area contributed by atoms with Gasteiger partial charge in [0.05, 0.1) is 19.3 Å². The number of hydrogen-bond acceptors (Lipinski definition) is 4.